The maximum absolute atomic E-state index is 12.0. The van der Waals surface area contributed by atoms with Crippen molar-refractivity contribution in [1.82, 2.24) is 14.7 Å². The molecule has 1 aliphatic rings. The molecule has 6 nitrogen and oxygen atoms in total. The first-order valence-corrected chi connectivity index (χ1v) is 8.68. The number of rotatable bonds is 5. The first-order valence-electron chi connectivity index (χ1n) is 8.68. The van der Waals surface area contributed by atoms with Crippen LogP contribution in [0.4, 0.5) is 4.79 Å². The summed E-state index contributed by atoms with van der Waals surface area (Å²) in [6, 6.07) is 5.92. The summed E-state index contributed by atoms with van der Waals surface area (Å²) in [5.74, 6) is 1.20. The average molecular weight is 331 g/mol. The van der Waals surface area contributed by atoms with Crippen LogP contribution < -0.4 is 0 Å². The minimum Gasteiger partial charge on any atom is -0.463 e. The fourth-order valence-corrected chi connectivity index (χ4v) is 3.10. The minimum absolute atomic E-state index is 0.181. The standard InChI is InChI=1S/C18H25N3O3/c1-3-4-11-24-18(22)21-9-7-14(8-10-21)15-13-16(20(2)19-15)17-6-5-12-23-17/h5-6,12-14H,3-4,7-11H2,1-2H3. The number of carbonyl (C=O) groups is 1. The van der Waals surface area contributed by atoms with Gasteiger partial charge < -0.3 is 14.1 Å². The Bertz CT molecular complexity index is 655. The van der Waals surface area contributed by atoms with Crippen LogP contribution in [-0.4, -0.2) is 40.5 Å². The summed E-state index contributed by atoms with van der Waals surface area (Å²) in [4.78, 5) is 13.8. The Hall–Kier alpha value is -2.24. The molecule has 130 valence electrons. The van der Waals surface area contributed by atoms with Gasteiger partial charge in [0.1, 0.15) is 5.69 Å². The highest BCUT2D eigenvalue weighted by molar-refractivity contribution is 5.67. The van der Waals surface area contributed by atoms with E-state index in [1.165, 1.54) is 0 Å². The van der Waals surface area contributed by atoms with E-state index < -0.39 is 0 Å². The Labute approximate surface area is 142 Å². The van der Waals surface area contributed by atoms with Crippen LogP contribution in [0, 0.1) is 0 Å². The van der Waals surface area contributed by atoms with E-state index in [2.05, 4.69) is 18.1 Å². The van der Waals surface area contributed by atoms with Gasteiger partial charge in [-0.2, -0.15) is 5.10 Å². The third-order valence-corrected chi connectivity index (χ3v) is 4.57. The van der Waals surface area contributed by atoms with Crippen molar-refractivity contribution in [1.29, 1.82) is 0 Å². The molecule has 6 heteroatoms. The maximum atomic E-state index is 12.0. The van der Waals surface area contributed by atoms with E-state index in [0.29, 0.717) is 12.5 Å². The predicted octanol–water partition coefficient (Wildman–Crippen LogP) is 3.80. The van der Waals surface area contributed by atoms with Crippen LogP contribution >= 0.6 is 0 Å². The summed E-state index contributed by atoms with van der Waals surface area (Å²) in [6.45, 7) is 4.05. The molecule has 0 aliphatic carbocycles. The van der Waals surface area contributed by atoms with Gasteiger partial charge in [-0.3, -0.25) is 4.68 Å². The lowest BCUT2D eigenvalue weighted by Gasteiger charge is -2.30. The second-order valence-electron chi connectivity index (χ2n) is 6.28. The van der Waals surface area contributed by atoms with Gasteiger partial charge in [-0.15, -0.1) is 0 Å². The predicted molar refractivity (Wildman–Crippen MR) is 90.7 cm³/mol. The zero-order valence-electron chi connectivity index (χ0n) is 14.4. The van der Waals surface area contributed by atoms with E-state index in [0.717, 1.165) is 55.9 Å². The molecule has 3 rings (SSSR count). The largest absolute Gasteiger partial charge is 0.463 e. The molecule has 24 heavy (non-hydrogen) atoms. The van der Waals surface area contributed by atoms with E-state index in [4.69, 9.17) is 9.15 Å². The van der Waals surface area contributed by atoms with Crippen LogP contribution in [0.5, 0.6) is 0 Å². The van der Waals surface area contributed by atoms with Crippen LogP contribution in [0.25, 0.3) is 11.5 Å². The average Bonchev–Trinajstić information content (AvgIpc) is 3.24. The van der Waals surface area contributed by atoms with E-state index in [1.54, 1.807) is 6.26 Å². The molecule has 0 radical (unpaired) electrons. The Morgan fingerprint density at radius 3 is 2.88 bits per heavy atom. The van der Waals surface area contributed by atoms with Crippen LogP contribution in [-0.2, 0) is 11.8 Å². The number of hydrogen-bond donors (Lipinski definition) is 0. The van der Waals surface area contributed by atoms with Crippen LogP contribution in [0.1, 0.15) is 44.2 Å². The summed E-state index contributed by atoms with van der Waals surface area (Å²) < 4.78 is 12.6. The number of hydrogen-bond acceptors (Lipinski definition) is 4. The van der Waals surface area contributed by atoms with Gasteiger partial charge in [-0.1, -0.05) is 13.3 Å². The molecule has 2 aromatic heterocycles. The van der Waals surface area contributed by atoms with Gasteiger partial charge in [0, 0.05) is 26.1 Å². The lowest BCUT2D eigenvalue weighted by atomic mass is 9.93. The second kappa shape index (κ2) is 7.55. The molecule has 2 aromatic rings. The lowest BCUT2D eigenvalue weighted by Crippen LogP contribution is -2.38. The summed E-state index contributed by atoms with van der Waals surface area (Å²) in [5, 5.41) is 4.64. The Balaban J connectivity index is 1.57. The third-order valence-electron chi connectivity index (χ3n) is 4.57. The highest BCUT2D eigenvalue weighted by Crippen LogP contribution is 2.30. The zero-order chi connectivity index (χ0) is 16.9. The minimum atomic E-state index is -0.181. The number of piperidine rings is 1. The number of aryl methyl sites for hydroxylation is 1. The number of aromatic nitrogens is 2. The van der Waals surface area contributed by atoms with E-state index in [9.17, 15) is 4.79 Å². The van der Waals surface area contributed by atoms with Crippen molar-refractivity contribution in [2.75, 3.05) is 19.7 Å². The fourth-order valence-electron chi connectivity index (χ4n) is 3.10. The van der Waals surface area contributed by atoms with Gasteiger partial charge in [0.2, 0.25) is 0 Å². The molecule has 1 saturated heterocycles. The van der Waals surface area contributed by atoms with E-state index in [1.807, 2.05) is 28.8 Å². The molecule has 1 aliphatic heterocycles. The van der Waals surface area contributed by atoms with Crippen LogP contribution in [0.15, 0.2) is 28.9 Å². The molecule has 0 spiro atoms. The molecule has 0 saturated carbocycles. The summed E-state index contributed by atoms with van der Waals surface area (Å²) >= 11 is 0. The summed E-state index contributed by atoms with van der Waals surface area (Å²) in [7, 11) is 1.93. The first kappa shape index (κ1) is 16.6. The first-order chi connectivity index (χ1) is 11.7. The number of ether oxygens (including phenoxy) is 1. The van der Waals surface area contributed by atoms with Gasteiger partial charge >= 0.3 is 6.09 Å². The SMILES string of the molecule is CCCCOC(=O)N1CCC(c2cc(-c3ccco3)n(C)n2)CC1. The van der Waals surface area contributed by atoms with Crippen molar-refractivity contribution < 1.29 is 13.9 Å². The number of furan rings is 1. The zero-order valence-corrected chi connectivity index (χ0v) is 14.4. The molecule has 0 unspecified atom stereocenters. The Morgan fingerprint density at radius 1 is 1.42 bits per heavy atom. The number of likely N-dealkylation sites (tertiary alicyclic amines) is 1. The molecule has 0 N–H and O–H groups in total. The Kier molecular flexibility index (Phi) is 5.23. The van der Waals surface area contributed by atoms with Gasteiger partial charge in [0.05, 0.1) is 18.6 Å². The summed E-state index contributed by atoms with van der Waals surface area (Å²) in [5.41, 5.74) is 2.05. The molecule has 0 atom stereocenters. The normalized spacial score (nSPS) is 15.7. The fraction of sp³-hybridized carbons (Fsp3) is 0.556. The quantitative estimate of drug-likeness (QED) is 0.782. The molecule has 3 heterocycles. The smallest absolute Gasteiger partial charge is 0.409 e. The topological polar surface area (TPSA) is 60.5 Å². The number of nitrogens with zero attached hydrogens (tertiary/aromatic N) is 3. The van der Waals surface area contributed by atoms with Gasteiger partial charge in [0.15, 0.2) is 5.76 Å². The molecular weight excluding hydrogens is 306 g/mol. The van der Waals surface area contributed by atoms with Crippen molar-refractivity contribution in [2.24, 2.45) is 7.05 Å². The van der Waals surface area contributed by atoms with E-state index >= 15 is 0 Å². The van der Waals surface area contributed by atoms with Crippen LogP contribution in [0.3, 0.4) is 0 Å². The van der Waals surface area contributed by atoms with Gasteiger partial charge in [0.25, 0.3) is 0 Å². The van der Waals surface area contributed by atoms with Crippen molar-refractivity contribution in [3.8, 4) is 11.5 Å². The van der Waals surface area contributed by atoms with Gasteiger partial charge in [-0.25, -0.2) is 4.79 Å². The number of amides is 1. The molecule has 1 amide bonds. The monoisotopic (exact) mass is 331 g/mol. The highest BCUT2D eigenvalue weighted by atomic mass is 16.6. The van der Waals surface area contributed by atoms with Crippen molar-refractivity contribution >= 4 is 6.09 Å². The van der Waals surface area contributed by atoms with Gasteiger partial charge in [-0.05, 0) is 37.5 Å². The molecular formula is C18H25N3O3. The maximum Gasteiger partial charge on any atom is 0.409 e. The Morgan fingerprint density at radius 2 is 2.21 bits per heavy atom. The third kappa shape index (κ3) is 3.63. The van der Waals surface area contributed by atoms with Crippen molar-refractivity contribution in [3.63, 3.8) is 0 Å². The lowest BCUT2D eigenvalue weighted by molar-refractivity contribution is 0.0913. The van der Waals surface area contributed by atoms with Crippen molar-refractivity contribution in [3.05, 3.63) is 30.2 Å². The number of unbranched alkanes of at least 4 members (excludes halogenated alkanes) is 1. The van der Waals surface area contributed by atoms with E-state index in [-0.39, 0.29) is 6.09 Å². The summed E-state index contributed by atoms with van der Waals surface area (Å²) in [6.07, 6.45) is 5.28. The van der Waals surface area contributed by atoms with Crippen molar-refractivity contribution in [2.45, 2.75) is 38.5 Å². The van der Waals surface area contributed by atoms with Crippen LogP contribution in [0.2, 0.25) is 0 Å². The number of carbonyl (C=O) groups excluding carboxylic acids is 1. The second-order valence-corrected chi connectivity index (χ2v) is 6.28. The highest BCUT2D eigenvalue weighted by Gasteiger charge is 2.27. The molecule has 1 fully saturated rings. The molecule has 0 aromatic carbocycles. The molecule has 0 bridgehead atoms.